The highest BCUT2D eigenvalue weighted by Gasteiger charge is 2.14. The average Bonchev–Trinajstić information content (AvgIpc) is 3.04. The van der Waals surface area contributed by atoms with Gasteiger partial charge in [0.05, 0.1) is 10.7 Å². The summed E-state index contributed by atoms with van der Waals surface area (Å²) in [5, 5.41) is 5.59. The van der Waals surface area contributed by atoms with Gasteiger partial charge in [-0.1, -0.05) is 29.8 Å². The van der Waals surface area contributed by atoms with Crippen LogP contribution in [0.2, 0.25) is 5.02 Å². The Balaban J connectivity index is 1.48. The Morgan fingerprint density at radius 1 is 1.04 bits per heavy atom. The number of aromatic amines is 1. The lowest BCUT2D eigenvalue weighted by atomic mass is 10.1. The van der Waals surface area contributed by atoms with Gasteiger partial charge in [-0.2, -0.15) is 0 Å². The second-order valence-corrected chi connectivity index (χ2v) is 6.83. The number of aromatic nitrogens is 1. The van der Waals surface area contributed by atoms with Crippen LogP contribution in [0.5, 0.6) is 0 Å². The van der Waals surface area contributed by atoms with Crippen molar-refractivity contribution in [2.24, 2.45) is 0 Å². The number of nitrogens with zero attached hydrogens (tertiary/aromatic N) is 1. The number of H-pyrrole nitrogens is 1. The van der Waals surface area contributed by atoms with Crippen molar-refractivity contribution < 1.29 is 0 Å². The van der Waals surface area contributed by atoms with E-state index in [0.717, 1.165) is 36.0 Å². The van der Waals surface area contributed by atoms with Gasteiger partial charge in [-0.25, -0.2) is 0 Å². The summed E-state index contributed by atoms with van der Waals surface area (Å²) < 4.78 is 0. The van der Waals surface area contributed by atoms with Crippen molar-refractivity contribution in [3.63, 3.8) is 0 Å². The zero-order valence-corrected chi connectivity index (χ0v) is 14.4. The molecule has 4 heteroatoms. The molecule has 1 saturated heterocycles. The van der Waals surface area contributed by atoms with Crippen molar-refractivity contribution in [1.29, 1.82) is 0 Å². The Hall–Kier alpha value is -2.13. The van der Waals surface area contributed by atoms with Gasteiger partial charge in [0.15, 0.2) is 0 Å². The highest BCUT2D eigenvalue weighted by atomic mass is 35.5. The quantitative estimate of drug-likeness (QED) is 0.664. The number of halogens is 1. The monoisotopic (exact) mass is 339 g/mol. The molecule has 0 atom stereocenters. The Labute approximate surface area is 147 Å². The minimum atomic E-state index is 0.781. The molecule has 0 unspecified atom stereocenters. The molecular weight excluding hydrogens is 318 g/mol. The predicted molar refractivity (Wildman–Crippen MR) is 103 cm³/mol. The highest BCUT2D eigenvalue weighted by molar-refractivity contribution is 6.33. The second kappa shape index (κ2) is 6.78. The van der Waals surface area contributed by atoms with Crippen LogP contribution in [0, 0.1) is 0 Å². The van der Waals surface area contributed by atoms with E-state index in [-0.39, 0.29) is 0 Å². The molecule has 1 fully saturated rings. The van der Waals surface area contributed by atoms with Crippen LogP contribution in [0.4, 0.5) is 11.4 Å². The number of hydrogen-bond donors (Lipinski definition) is 2. The highest BCUT2D eigenvalue weighted by Crippen LogP contribution is 2.31. The molecule has 0 saturated carbocycles. The summed E-state index contributed by atoms with van der Waals surface area (Å²) in [5.74, 6) is 0. The molecule has 0 radical (unpaired) electrons. The molecule has 3 nitrogen and oxygen atoms in total. The van der Waals surface area contributed by atoms with Gasteiger partial charge in [-0.15, -0.1) is 0 Å². The summed E-state index contributed by atoms with van der Waals surface area (Å²) in [5.41, 5.74) is 4.66. The van der Waals surface area contributed by atoms with Crippen LogP contribution in [0.1, 0.15) is 24.8 Å². The van der Waals surface area contributed by atoms with Gasteiger partial charge in [-0.05, 0) is 49.1 Å². The van der Waals surface area contributed by atoms with E-state index in [1.807, 2.05) is 6.07 Å². The average molecular weight is 340 g/mol. The molecular formula is C20H22ClN3. The third-order valence-electron chi connectivity index (χ3n) is 4.80. The van der Waals surface area contributed by atoms with Gasteiger partial charge in [0.2, 0.25) is 0 Å². The fourth-order valence-electron chi connectivity index (χ4n) is 3.48. The van der Waals surface area contributed by atoms with Crippen LogP contribution in [0.15, 0.2) is 48.7 Å². The molecule has 1 aliphatic heterocycles. The van der Waals surface area contributed by atoms with Crippen molar-refractivity contribution in [2.75, 3.05) is 23.3 Å². The summed E-state index contributed by atoms with van der Waals surface area (Å²) in [6.07, 6.45) is 5.92. The topological polar surface area (TPSA) is 31.1 Å². The van der Waals surface area contributed by atoms with Crippen LogP contribution in [0.3, 0.4) is 0 Å². The van der Waals surface area contributed by atoms with Crippen molar-refractivity contribution >= 4 is 33.9 Å². The third kappa shape index (κ3) is 3.09. The van der Waals surface area contributed by atoms with Crippen LogP contribution in [0.25, 0.3) is 10.9 Å². The number of para-hydroxylation sites is 1. The molecule has 0 amide bonds. The first-order chi connectivity index (χ1) is 11.8. The first-order valence-corrected chi connectivity index (χ1v) is 9.02. The van der Waals surface area contributed by atoms with Crippen molar-refractivity contribution in [3.8, 4) is 0 Å². The molecule has 2 N–H and O–H groups in total. The lowest BCUT2D eigenvalue weighted by molar-refractivity contribution is 0.578. The summed E-state index contributed by atoms with van der Waals surface area (Å²) in [6, 6.07) is 14.7. The summed E-state index contributed by atoms with van der Waals surface area (Å²) in [6.45, 7) is 3.01. The van der Waals surface area contributed by atoms with Crippen LogP contribution >= 0.6 is 11.6 Å². The van der Waals surface area contributed by atoms with Crippen LogP contribution in [-0.2, 0) is 6.54 Å². The maximum atomic E-state index is 6.53. The minimum absolute atomic E-state index is 0.781. The smallest absolute Gasteiger partial charge is 0.0660 e. The number of hydrogen-bond acceptors (Lipinski definition) is 2. The number of fused-ring (bicyclic) bond motifs is 1. The van der Waals surface area contributed by atoms with Gasteiger partial charge < -0.3 is 15.2 Å². The molecule has 2 aromatic carbocycles. The molecule has 24 heavy (non-hydrogen) atoms. The van der Waals surface area contributed by atoms with Gasteiger partial charge in [0.1, 0.15) is 0 Å². The standard InChI is InChI=1S/C20H22ClN3/c21-18-12-16(8-9-20(18)24-10-4-1-5-11-24)22-13-15-14-23-19-7-3-2-6-17(15)19/h2-3,6-9,12,14,22-23H,1,4-5,10-11,13H2. The van der Waals surface area contributed by atoms with E-state index in [0.29, 0.717) is 0 Å². The fourth-order valence-corrected chi connectivity index (χ4v) is 3.78. The molecule has 124 valence electrons. The molecule has 0 spiro atoms. The van der Waals surface area contributed by atoms with E-state index >= 15 is 0 Å². The Morgan fingerprint density at radius 2 is 1.88 bits per heavy atom. The van der Waals surface area contributed by atoms with E-state index in [9.17, 15) is 0 Å². The van der Waals surface area contributed by atoms with Gasteiger partial charge in [0.25, 0.3) is 0 Å². The fraction of sp³-hybridized carbons (Fsp3) is 0.300. The van der Waals surface area contributed by atoms with E-state index in [2.05, 4.69) is 57.8 Å². The van der Waals surface area contributed by atoms with Crippen LogP contribution in [-0.4, -0.2) is 18.1 Å². The lowest BCUT2D eigenvalue weighted by Crippen LogP contribution is -2.29. The van der Waals surface area contributed by atoms with E-state index in [1.165, 1.54) is 35.7 Å². The van der Waals surface area contributed by atoms with E-state index in [1.54, 1.807) is 0 Å². The molecule has 3 aromatic rings. The van der Waals surface area contributed by atoms with Crippen LogP contribution < -0.4 is 10.2 Å². The second-order valence-electron chi connectivity index (χ2n) is 6.43. The molecule has 1 aliphatic rings. The SMILES string of the molecule is Clc1cc(NCc2c[nH]c3ccccc23)ccc1N1CCCCC1. The van der Waals surface area contributed by atoms with Crippen molar-refractivity contribution in [3.05, 3.63) is 59.2 Å². The maximum absolute atomic E-state index is 6.53. The Bertz CT molecular complexity index is 834. The van der Waals surface area contributed by atoms with E-state index < -0.39 is 0 Å². The van der Waals surface area contributed by atoms with Gasteiger partial charge in [-0.3, -0.25) is 0 Å². The number of nitrogens with one attached hydrogen (secondary N) is 2. The summed E-state index contributed by atoms with van der Waals surface area (Å²) >= 11 is 6.53. The molecule has 4 rings (SSSR count). The largest absolute Gasteiger partial charge is 0.381 e. The zero-order chi connectivity index (χ0) is 16.4. The normalized spacial score (nSPS) is 15.0. The molecule has 0 bridgehead atoms. The van der Waals surface area contributed by atoms with Gasteiger partial charge in [0, 0.05) is 42.4 Å². The van der Waals surface area contributed by atoms with Gasteiger partial charge >= 0.3 is 0 Å². The maximum Gasteiger partial charge on any atom is 0.0660 e. The predicted octanol–water partition coefficient (Wildman–Crippen LogP) is 5.42. The number of benzene rings is 2. The number of anilines is 2. The molecule has 0 aliphatic carbocycles. The van der Waals surface area contributed by atoms with Crippen molar-refractivity contribution in [2.45, 2.75) is 25.8 Å². The molecule has 1 aromatic heterocycles. The summed E-state index contributed by atoms with van der Waals surface area (Å²) in [7, 11) is 0. The summed E-state index contributed by atoms with van der Waals surface area (Å²) in [4.78, 5) is 5.71. The lowest BCUT2D eigenvalue weighted by Gasteiger charge is -2.29. The first-order valence-electron chi connectivity index (χ1n) is 8.64. The first kappa shape index (κ1) is 15.4. The Morgan fingerprint density at radius 3 is 2.71 bits per heavy atom. The minimum Gasteiger partial charge on any atom is -0.381 e. The Kier molecular flexibility index (Phi) is 4.35. The number of rotatable bonds is 4. The van der Waals surface area contributed by atoms with E-state index in [4.69, 9.17) is 11.6 Å². The zero-order valence-electron chi connectivity index (χ0n) is 13.7. The van der Waals surface area contributed by atoms with Crippen molar-refractivity contribution in [1.82, 2.24) is 4.98 Å². The molecule has 2 heterocycles. The number of piperidine rings is 1. The third-order valence-corrected chi connectivity index (χ3v) is 5.11.